The monoisotopic (exact) mass is 407 g/mol. The lowest BCUT2D eigenvalue weighted by Crippen LogP contribution is -2.41. The first-order valence-electron chi connectivity index (χ1n) is 9.03. The van der Waals surface area contributed by atoms with Gasteiger partial charge in [0.1, 0.15) is 12.2 Å². The highest BCUT2D eigenvalue weighted by Gasteiger charge is 2.27. The minimum atomic E-state index is -3.85. The minimum Gasteiger partial charge on any atom is -0.444 e. The molecule has 0 saturated carbocycles. The number of amides is 1. The van der Waals surface area contributed by atoms with Gasteiger partial charge in [-0.15, -0.1) is 0 Å². The van der Waals surface area contributed by atoms with Crippen molar-refractivity contribution >= 4 is 16.2 Å². The van der Waals surface area contributed by atoms with Gasteiger partial charge in [-0.2, -0.15) is 13.5 Å². The predicted octanol–water partition coefficient (Wildman–Crippen LogP) is 2.85. The third-order valence-corrected chi connectivity index (χ3v) is 5.45. The van der Waals surface area contributed by atoms with E-state index in [9.17, 15) is 13.2 Å². The van der Waals surface area contributed by atoms with Crippen LogP contribution in [0.4, 0.5) is 4.79 Å². The zero-order chi connectivity index (χ0) is 20.5. The molecule has 1 amide bonds. The zero-order valence-corrected chi connectivity index (χ0v) is 17.3. The Morgan fingerprint density at radius 1 is 1.18 bits per heavy atom. The number of aromatic nitrogens is 2. The second kappa shape index (κ2) is 7.56. The van der Waals surface area contributed by atoms with E-state index in [0.717, 1.165) is 11.3 Å². The van der Waals surface area contributed by atoms with Gasteiger partial charge in [0.05, 0.1) is 29.4 Å². The van der Waals surface area contributed by atoms with Gasteiger partial charge in [0, 0.05) is 6.54 Å². The molecule has 0 saturated heterocycles. The first-order chi connectivity index (χ1) is 13.0. The van der Waals surface area contributed by atoms with Crippen molar-refractivity contribution in [2.24, 2.45) is 0 Å². The Balaban J connectivity index is 1.64. The van der Waals surface area contributed by atoms with Gasteiger partial charge in [0.15, 0.2) is 0 Å². The molecule has 1 aliphatic heterocycles. The molecule has 3 rings (SSSR count). The maximum absolute atomic E-state index is 12.3. The molecule has 0 N–H and O–H groups in total. The highest BCUT2D eigenvalue weighted by molar-refractivity contribution is 7.86. The van der Waals surface area contributed by atoms with Crippen LogP contribution in [0.25, 0.3) is 0 Å². The molecule has 1 aromatic heterocycles. The van der Waals surface area contributed by atoms with E-state index in [2.05, 4.69) is 5.10 Å². The lowest BCUT2D eigenvalue weighted by molar-refractivity contribution is 0.0194. The van der Waals surface area contributed by atoms with Crippen molar-refractivity contribution in [2.45, 2.75) is 57.9 Å². The summed E-state index contributed by atoms with van der Waals surface area (Å²) in [6.45, 7) is 8.53. The van der Waals surface area contributed by atoms with Crippen LogP contribution in [0.3, 0.4) is 0 Å². The van der Waals surface area contributed by atoms with Gasteiger partial charge in [-0.05, 0) is 45.9 Å². The molecule has 1 aliphatic rings. The van der Waals surface area contributed by atoms with E-state index in [1.54, 1.807) is 27.8 Å². The Hall–Kier alpha value is -2.39. The summed E-state index contributed by atoms with van der Waals surface area (Å²) in [5.74, 6) is 0. The number of aryl methyl sites for hydroxylation is 1. The largest absolute Gasteiger partial charge is 0.444 e. The van der Waals surface area contributed by atoms with E-state index in [-0.39, 0.29) is 17.6 Å². The summed E-state index contributed by atoms with van der Waals surface area (Å²) >= 11 is 0. The molecule has 9 heteroatoms. The molecule has 8 nitrogen and oxygen atoms in total. The molecule has 0 bridgehead atoms. The third kappa shape index (κ3) is 4.90. The minimum absolute atomic E-state index is 0.109. The summed E-state index contributed by atoms with van der Waals surface area (Å²) in [7, 11) is -3.85. The molecule has 152 valence electrons. The summed E-state index contributed by atoms with van der Waals surface area (Å²) in [5, 5.41) is 4.38. The SMILES string of the molecule is Cc1ccc(S(=O)(=O)OCc2cc3n(n2)CCN(C(=O)OC(C)(C)C)C3)cc1. The Bertz CT molecular complexity index is 958. The second-order valence-electron chi connectivity index (χ2n) is 7.78. The number of ether oxygens (including phenoxy) is 1. The van der Waals surface area contributed by atoms with E-state index in [0.29, 0.717) is 25.3 Å². The molecular formula is C19H25N3O5S. The third-order valence-electron chi connectivity index (χ3n) is 4.17. The van der Waals surface area contributed by atoms with Crippen molar-refractivity contribution in [3.05, 3.63) is 47.3 Å². The fraction of sp³-hybridized carbons (Fsp3) is 0.474. The van der Waals surface area contributed by atoms with Crippen molar-refractivity contribution in [1.29, 1.82) is 0 Å². The van der Waals surface area contributed by atoms with Crippen LogP contribution < -0.4 is 0 Å². The molecule has 2 heterocycles. The molecule has 0 aliphatic carbocycles. The molecule has 0 fully saturated rings. The fourth-order valence-corrected chi connectivity index (χ4v) is 3.67. The Labute approximate surface area is 165 Å². The lowest BCUT2D eigenvalue weighted by Gasteiger charge is -2.30. The van der Waals surface area contributed by atoms with Crippen LogP contribution >= 0.6 is 0 Å². The van der Waals surface area contributed by atoms with Gasteiger partial charge in [-0.1, -0.05) is 17.7 Å². The van der Waals surface area contributed by atoms with Crippen molar-refractivity contribution in [1.82, 2.24) is 14.7 Å². The summed E-state index contributed by atoms with van der Waals surface area (Å²) in [6.07, 6.45) is -0.375. The average Bonchev–Trinajstić information content (AvgIpc) is 3.01. The van der Waals surface area contributed by atoms with E-state index in [1.165, 1.54) is 12.1 Å². The normalized spacial score (nSPS) is 14.6. The fourth-order valence-electron chi connectivity index (χ4n) is 2.79. The van der Waals surface area contributed by atoms with Gasteiger partial charge < -0.3 is 9.64 Å². The van der Waals surface area contributed by atoms with E-state index in [4.69, 9.17) is 8.92 Å². The molecule has 0 spiro atoms. The smallest absolute Gasteiger partial charge is 0.410 e. The summed E-state index contributed by atoms with van der Waals surface area (Å²) in [6, 6.07) is 8.22. The first kappa shape index (κ1) is 20.3. The highest BCUT2D eigenvalue weighted by atomic mass is 32.2. The number of nitrogens with zero attached hydrogens (tertiary/aromatic N) is 3. The van der Waals surface area contributed by atoms with Gasteiger partial charge in [-0.25, -0.2) is 4.79 Å². The summed E-state index contributed by atoms with van der Waals surface area (Å²) in [4.78, 5) is 14.0. The van der Waals surface area contributed by atoms with Crippen molar-refractivity contribution in [3.8, 4) is 0 Å². The van der Waals surface area contributed by atoms with Gasteiger partial charge in [0.25, 0.3) is 10.1 Å². The lowest BCUT2D eigenvalue weighted by atomic mass is 10.2. The number of rotatable bonds is 4. The molecule has 2 aromatic rings. The molecule has 1 aromatic carbocycles. The second-order valence-corrected chi connectivity index (χ2v) is 9.40. The van der Waals surface area contributed by atoms with E-state index < -0.39 is 15.7 Å². The molecule has 0 atom stereocenters. The number of hydrogen-bond donors (Lipinski definition) is 0. The quantitative estimate of drug-likeness (QED) is 0.724. The number of carbonyl (C=O) groups is 1. The Morgan fingerprint density at radius 3 is 2.50 bits per heavy atom. The van der Waals surface area contributed by atoms with Crippen LogP contribution in [-0.4, -0.2) is 41.3 Å². The van der Waals surface area contributed by atoms with E-state index >= 15 is 0 Å². The maximum Gasteiger partial charge on any atom is 0.410 e. The predicted molar refractivity (Wildman–Crippen MR) is 102 cm³/mol. The topological polar surface area (TPSA) is 90.7 Å². The van der Waals surface area contributed by atoms with Crippen LogP contribution in [-0.2, 0) is 38.7 Å². The Kier molecular flexibility index (Phi) is 5.49. The van der Waals surface area contributed by atoms with Crippen LogP contribution in [0.15, 0.2) is 35.2 Å². The van der Waals surface area contributed by atoms with Gasteiger partial charge in [0.2, 0.25) is 0 Å². The standard InChI is InChI=1S/C19H25N3O5S/c1-14-5-7-17(8-6-14)28(24,25)26-13-15-11-16-12-21(9-10-22(16)20-15)18(23)27-19(2,3)4/h5-8,11H,9-10,12-13H2,1-4H3. The first-order valence-corrected chi connectivity index (χ1v) is 10.4. The average molecular weight is 407 g/mol. The summed E-state index contributed by atoms with van der Waals surface area (Å²) in [5.41, 5.74) is 1.72. The molecular weight excluding hydrogens is 382 g/mol. The molecule has 28 heavy (non-hydrogen) atoms. The number of carbonyl (C=O) groups excluding carboxylic acids is 1. The van der Waals surface area contributed by atoms with Gasteiger partial charge >= 0.3 is 6.09 Å². The highest BCUT2D eigenvalue weighted by Crippen LogP contribution is 2.19. The maximum atomic E-state index is 12.3. The summed E-state index contributed by atoms with van der Waals surface area (Å²) < 4.78 is 36.9. The van der Waals surface area contributed by atoms with Crippen molar-refractivity contribution < 1.29 is 22.1 Å². The Morgan fingerprint density at radius 2 is 1.86 bits per heavy atom. The van der Waals surface area contributed by atoms with Crippen LogP contribution in [0.1, 0.15) is 37.7 Å². The van der Waals surface area contributed by atoms with Gasteiger partial charge in [-0.3, -0.25) is 8.86 Å². The van der Waals surface area contributed by atoms with Crippen molar-refractivity contribution in [3.63, 3.8) is 0 Å². The molecule has 0 radical (unpaired) electrons. The van der Waals surface area contributed by atoms with Crippen molar-refractivity contribution in [2.75, 3.05) is 6.54 Å². The van der Waals surface area contributed by atoms with Crippen LogP contribution in [0.2, 0.25) is 0 Å². The molecule has 0 unspecified atom stereocenters. The van der Waals surface area contributed by atoms with Crippen LogP contribution in [0.5, 0.6) is 0 Å². The zero-order valence-electron chi connectivity index (χ0n) is 16.5. The van der Waals surface area contributed by atoms with E-state index in [1.807, 2.05) is 27.7 Å². The van der Waals surface area contributed by atoms with Crippen LogP contribution in [0, 0.1) is 6.92 Å². The number of hydrogen-bond acceptors (Lipinski definition) is 6. The number of fused-ring (bicyclic) bond motifs is 1. The number of benzene rings is 1.